The normalized spacial score (nSPS) is 25.1. The van der Waals surface area contributed by atoms with Gasteiger partial charge in [-0.1, -0.05) is 13.8 Å². The number of nitrogens with zero attached hydrogens (tertiary/aromatic N) is 2. The van der Waals surface area contributed by atoms with Gasteiger partial charge in [0.05, 0.1) is 18.2 Å². The fourth-order valence-electron chi connectivity index (χ4n) is 3.67. The maximum atomic E-state index is 11.7. The van der Waals surface area contributed by atoms with Gasteiger partial charge in [-0.25, -0.2) is 4.98 Å². The number of likely N-dealkylation sites (tertiary alicyclic amines) is 1. The molecule has 0 aliphatic carbocycles. The highest BCUT2D eigenvalue weighted by Crippen LogP contribution is 2.44. The lowest BCUT2D eigenvalue weighted by Gasteiger charge is -2.36. The van der Waals surface area contributed by atoms with Crippen LogP contribution in [0.15, 0.2) is 5.38 Å². The van der Waals surface area contributed by atoms with Gasteiger partial charge < -0.3 is 9.84 Å². The molecule has 1 spiro atoms. The summed E-state index contributed by atoms with van der Waals surface area (Å²) in [6.07, 6.45) is 1.71. The number of aromatic nitrogens is 1. The second kappa shape index (κ2) is 6.26. The first-order valence-corrected chi connectivity index (χ1v) is 8.85. The number of carbonyl (C=O) groups is 1. The summed E-state index contributed by atoms with van der Waals surface area (Å²) in [5.41, 5.74) is 1.03. The van der Waals surface area contributed by atoms with E-state index < -0.39 is 5.97 Å². The first-order valence-electron chi connectivity index (χ1n) is 7.97. The van der Waals surface area contributed by atoms with Crippen molar-refractivity contribution < 1.29 is 14.6 Å². The number of rotatable bonds is 4. The van der Waals surface area contributed by atoms with Crippen LogP contribution in [-0.4, -0.2) is 47.3 Å². The van der Waals surface area contributed by atoms with Gasteiger partial charge in [-0.3, -0.25) is 9.69 Å². The Labute approximate surface area is 135 Å². The largest absolute Gasteiger partial charge is 0.481 e. The summed E-state index contributed by atoms with van der Waals surface area (Å²) in [7, 11) is 0. The van der Waals surface area contributed by atoms with Crippen molar-refractivity contribution in [2.75, 3.05) is 26.3 Å². The van der Waals surface area contributed by atoms with Crippen LogP contribution in [0.1, 0.15) is 43.3 Å². The molecule has 1 aromatic rings. The standard InChI is InChI=1S/C16H24N2O3S/c1-11(2)13-9-22-14(17-13)8-18-7-12(15(19)20)16(10-18)3-5-21-6-4-16/h9,11-12H,3-8,10H2,1-2H3,(H,19,20). The molecule has 0 bridgehead atoms. The molecule has 6 heteroatoms. The molecular formula is C16H24N2O3S. The van der Waals surface area contributed by atoms with E-state index in [1.165, 1.54) is 0 Å². The Balaban J connectivity index is 1.71. The number of carboxylic acid groups (broad SMARTS) is 1. The summed E-state index contributed by atoms with van der Waals surface area (Å²) in [5.74, 6) is -0.496. The van der Waals surface area contributed by atoms with Crippen LogP contribution in [0.3, 0.4) is 0 Å². The van der Waals surface area contributed by atoms with E-state index in [0.717, 1.165) is 36.6 Å². The Kier molecular flexibility index (Phi) is 4.52. The minimum Gasteiger partial charge on any atom is -0.481 e. The van der Waals surface area contributed by atoms with E-state index in [1.54, 1.807) is 11.3 Å². The van der Waals surface area contributed by atoms with Gasteiger partial charge in [-0.2, -0.15) is 0 Å². The highest BCUT2D eigenvalue weighted by molar-refractivity contribution is 7.09. The molecule has 2 fully saturated rings. The van der Waals surface area contributed by atoms with Gasteiger partial charge in [0.1, 0.15) is 5.01 Å². The molecule has 1 N–H and O–H groups in total. The lowest BCUT2D eigenvalue weighted by Crippen LogP contribution is -2.40. The molecule has 1 aromatic heterocycles. The summed E-state index contributed by atoms with van der Waals surface area (Å²) >= 11 is 1.68. The van der Waals surface area contributed by atoms with E-state index in [1.807, 2.05) is 0 Å². The Bertz CT molecular complexity index is 537. The molecule has 0 aromatic carbocycles. The van der Waals surface area contributed by atoms with Crippen molar-refractivity contribution in [3.8, 4) is 0 Å². The molecule has 5 nitrogen and oxygen atoms in total. The van der Waals surface area contributed by atoms with Gasteiger partial charge in [0, 0.05) is 37.1 Å². The molecule has 2 aliphatic rings. The van der Waals surface area contributed by atoms with E-state index in [9.17, 15) is 9.90 Å². The number of hydrogen-bond acceptors (Lipinski definition) is 5. The van der Waals surface area contributed by atoms with E-state index in [4.69, 9.17) is 4.74 Å². The quantitative estimate of drug-likeness (QED) is 0.922. The predicted molar refractivity (Wildman–Crippen MR) is 85.1 cm³/mol. The first-order chi connectivity index (χ1) is 10.5. The molecule has 3 rings (SSSR count). The Morgan fingerprint density at radius 2 is 2.27 bits per heavy atom. The smallest absolute Gasteiger partial charge is 0.308 e. The zero-order valence-electron chi connectivity index (χ0n) is 13.2. The maximum Gasteiger partial charge on any atom is 0.308 e. The van der Waals surface area contributed by atoms with Gasteiger partial charge >= 0.3 is 5.97 Å². The monoisotopic (exact) mass is 324 g/mol. The van der Waals surface area contributed by atoms with Gasteiger partial charge in [-0.15, -0.1) is 11.3 Å². The van der Waals surface area contributed by atoms with Crippen LogP contribution in [0, 0.1) is 11.3 Å². The fraction of sp³-hybridized carbons (Fsp3) is 0.750. The molecule has 3 heterocycles. The van der Waals surface area contributed by atoms with E-state index in [-0.39, 0.29) is 11.3 Å². The maximum absolute atomic E-state index is 11.7. The summed E-state index contributed by atoms with van der Waals surface area (Å²) < 4.78 is 5.45. The minimum absolute atomic E-state index is 0.109. The Morgan fingerprint density at radius 1 is 1.55 bits per heavy atom. The zero-order chi connectivity index (χ0) is 15.7. The van der Waals surface area contributed by atoms with Crippen molar-refractivity contribution in [1.29, 1.82) is 0 Å². The van der Waals surface area contributed by atoms with Crippen LogP contribution in [-0.2, 0) is 16.1 Å². The second-order valence-corrected chi connectivity index (χ2v) is 7.80. The molecular weight excluding hydrogens is 300 g/mol. The average molecular weight is 324 g/mol. The number of aliphatic carboxylic acids is 1. The van der Waals surface area contributed by atoms with Gasteiger partial charge in [0.25, 0.3) is 0 Å². The summed E-state index contributed by atoms with van der Waals surface area (Å²) in [6.45, 7) is 7.91. The number of thiazole rings is 1. The van der Waals surface area contributed by atoms with Crippen LogP contribution in [0.25, 0.3) is 0 Å². The third-order valence-electron chi connectivity index (χ3n) is 5.03. The highest BCUT2D eigenvalue weighted by atomic mass is 32.1. The SMILES string of the molecule is CC(C)c1csc(CN2CC(C(=O)O)C3(CCOCC3)C2)n1. The summed E-state index contributed by atoms with van der Waals surface area (Å²) in [6, 6.07) is 0. The van der Waals surface area contributed by atoms with Crippen molar-refractivity contribution in [1.82, 2.24) is 9.88 Å². The minimum atomic E-state index is -0.661. The van der Waals surface area contributed by atoms with E-state index in [0.29, 0.717) is 25.7 Å². The molecule has 2 saturated heterocycles. The molecule has 2 aliphatic heterocycles. The Hall–Kier alpha value is -0.980. The van der Waals surface area contributed by atoms with Gasteiger partial charge in [-0.05, 0) is 18.8 Å². The second-order valence-electron chi connectivity index (χ2n) is 6.86. The highest BCUT2D eigenvalue weighted by Gasteiger charge is 2.50. The van der Waals surface area contributed by atoms with E-state index >= 15 is 0 Å². The summed E-state index contributed by atoms with van der Waals surface area (Å²) in [4.78, 5) is 18.6. The average Bonchev–Trinajstić information content (AvgIpc) is 3.06. The van der Waals surface area contributed by atoms with Crippen molar-refractivity contribution in [3.05, 3.63) is 16.1 Å². The molecule has 1 unspecified atom stereocenters. The third kappa shape index (κ3) is 3.05. The molecule has 22 heavy (non-hydrogen) atoms. The van der Waals surface area contributed by atoms with E-state index in [2.05, 4.69) is 29.1 Å². The zero-order valence-corrected chi connectivity index (χ0v) is 14.1. The third-order valence-corrected chi connectivity index (χ3v) is 5.88. The molecule has 0 amide bonds. The van der Waals surface area contributed by atoms with Crippen LogP contribution < -0.4 is 0 Å². The summed E-state index contributed by atoms with van der Waals surface area (Å²) in [5, 5.41) is 12.8. The van der Waals surface area contributed by atoms with Crippen LogP contribution in [0.5, 0.6) is 0 Å². The number of hydrogen-bond donors (Lipinski definition) is 1. The van der Waals surface area contributed by atoms with Crippen molar-refractivity contribution in [3.63, 3.8) is 0 Å². The molecule has 0 radical (unpaired) electrons. The molecule has 0 saturated carbocycles. The topological polar surface area (TPSA) is 62.7 Å². The molecule has 122 valence electrons. The van der Waals surface area contributed by atoms with Crippen LogP contribution in [0.2, 0.25) is 0 Å². The van der Waals surface area contributed by atoms with Crippen molar-refractivity contribution in [2.24, 2.45) is 11.3 Å². The van der Waals surface area contributed by atoms with Gasteiger partial charge in [0.2, 0.25) is 0 Å². The molecule has 1 atom stereocenters. The lowest BCUT2D eigenvalue weighted by molar-refractivity contribution is -0.146. The lowest BCUT2D eigenvalue weighted by atomic mass is 9.72. The van der Waals surface area contributed by atoms with Crippen LogP contribution in [0.4, 0.5) is 0 Å². The Morgan fingerprint density at radius 3 is 2.86 bits per heavy atom. The number of carboxylic acids is 1. The fourth-order valence-corrected chi connectivity index (χ4v) is 4.67. The predicted octanol–water partition coefficient (Wildman–Crippen LogP) is 2.58. The number of ether oxygens (including phenoxy) is 1. The first kappa shape index (κ1) is 15.9. The van der Waals surface area contributed by atoms with Crippen LogP contribution >= 0.6 is 11.3 Å². The van der Waals surface area contributed by atoms with Gasteiger partial charge in [0.15, 0.2) is 0 Å². The van der Waals surface area contributed by atoms with Crippen molar-refractivity contribution >= 4 is 17.3 Å². The van der Waals surface area contributed by atoms with Crippen molar-refractivity contribution in [2.45, 2.75) is 39.2 Å².